The van der Waals surface area contributed by atoms with Gasteiger partial charge in [0.25, 0.3) is 0 Å². The van der Waals surface area contributed by atoms with Crippen LogP contribution in [0.2, 0.25) is 0 Å². The molecule has 3 heteroatoms. The third-order valence-corrected chi connectivity index (χ3v) is 3.20. The first-order valence-corrected chi connectivity index (χ1v) is 7.21. The minimum Gasteiger partial charge on any atom is -0.504 e. The number of aromatic hydroxyl groups is 1. The molecule has 0 amide bonds. The van der Waals surface area contributed by atoms with Gasteiger partial charge >= 0.3 is 0 Å². The maximum Gasteiger partial charge on any atom is 0.162 e. The van der Waals surface area contributed by atoms with Crippen LogP contribution in [0.4, 0.5) is 0 Å². The zero-order valence-corrected chi connectivity index (χ0v) is 12.6. The minimum atomic E-state index is 0.257. The Hall–Kier alpha value is -1.22. The van der Waals surface area contributed by atoms with Gasteiger partial charge in [0.2, 0.25) is 0 Å². The van der Waals surface area contributed by atoms with Crippen LogP contribution in [0.15, 0.2) is 18.2 Å². The van der Waals surface area contributed by atoms with Gasteiger partial charge in [0.05, 0.1) is 6.61 Å². The second kappa shape index (κ2) is 8.05. The lowest BCUT2D eigenvalue weighted by molar-refractivity contribution is 0.316. The van der Waals surface area contributed by atoms with Gasteiger partial charge < -0.3 is 15.2 Å². The fourth-order valence-electron chi connectivity index (χ4n) is 1.95. The van der Waals surface area contributed by atoms with Crippen LogP contribution < -0.4 is 10.1 Å². The fraction of sp³-hybridized carbons (Fsp3) is 0.625. The number of ether oxygens (including phenoxy) is 1. The maximum absolute atomic E-state index is 10.1. The number of hydrogen-bond donors (Lipinski definition) is 2. The number of hydrogen-bond acceptors (Lipinski definition) is 3. The number of benzene rings is 1. The van der Waals surface area contributed by atoms with Gasteiger partial charge in [0.1, 0.15) is 0 Å². The molecule has 0 fully saturated rings. The highest BCUT2D eigenvalue weighted by Crippen LogP contribution is 2.29. The van der Waals surface area contributed by atoms with Crippen molar-refractivity contribution in [3.8, 4) is 11.5 Å². The van der Waals surface area contributed by atoms with Crippen molar-refractivity contribution in [2.75, 3.05) is 6.61 Å². The Morgan fingerprint density at radius 3 is 2.58 bits per heavy atom. The van der Waals surface area contributed by atoms with E-state index in [1.165, 1.54) is 6.42 Å². The molecule has 0 aliphatic rings. The summed E-state index contributed by atoms with van der Waals surface area (Å²) in [7, 11) is 0. The number of nitrogens with one attached hydrogen (secondary N) is 1. The monoisotopic (exact) mass is 265 g/mol. The summed E-state index contributed by atoms with van der Waals surface area (Å²) >= 11 is 0. The van der Waals surface area contributed by atoms with E-state index in [2.05, 4.69) is 26.1 Å². The molecule has 19 heavy (non-hydrogen) atoms. The van der Waals surface area contributed by atoms with E-state index >= 15 is 0 Å². The summed E-state index contributed by atoms with van der Waals surface area (Å²) in [6, 6.07) is 6.10. The van der Waals surface area contributed by atoms with E-state index in [0.29, 0.717) is 24.9 Å². The highest BCUT2D eigenvalue weighted by atomic mass is 16.5. The molecule has 0 saturated carbocycles. The summed E-state index contributed by atoms with van der Waals surface area (Å²) in [5.74, 6) is 1.56. The fourth-order valence-corrected chi connectivity index (χ4v) is 1.95. The first kappa shape index (κ1) is 15.8. The van der Waals surface area contributed by atoms with Crippen LogP contribution in [-0.2, 0) is 6.54 Å². The maximum atomic E-state index is 10.1. The smallest absolute Gasteiger partial charge is 0.162 e. The van der Waals surface area contributed by atoms with Crippen LogP contribution >= 0.6 is 0 Å². The second-order valence-electron chi connectivity index (χ2n) is 5.45. The normalized spacial score (nSPS) is 12.7. The molecule has 108 valence electrons. The van der Waals surface area contributed by atoms with Gasteiger partial charge in [-0.2, -0.15) is 0 Å². The number of rotatable bonds is 8. The van der Waals surface area contributed by atoms with Crippen LogP contribution in [-0.4, -0.2) is 17.8 Å². The molecule has 1 aromatic carbocycles. The molecule has 1 atom stereocenters. The number of phenolic OH excluding ortho intramolecular Hbond substituents is 1. The van der Waals surface area contributed by atoms with Crippen molar-refractivity contribution in [1.29, 1.82) is 0 Å². The third-order valence-electron chi connectivity index (χ3n) is 3.20. The van der Waals surface area contributed by atoms with Gasteiger partial charge in [-0.3, -0.25) is 0 Å². The van der Waals surface area contributed by atoms with E-state index in [-0.39, 0.29) is 5.75 Å². The second-order valence-corrected chi connectivity index (χ2v) is 5.45. The van der Waals surface area contributed by atoms with Crippen LogP contribution in [0.25, 0.3) is 0 Å². The first-order chi connectivity index (χ1) is 9.04. The molecule has 0 aromatic heterocycles. The predicted octanol–water partition coefficient (Wildman–Crippen LogP) is 3.71. The van der Waals surface area contributed by atoms with E-state index in [1.807, 2.05) is 19.1 Å². The van der Waals surface area contributed by atoms with Gasteiger partial charge in [-0.1, -0.05) is 26.0 Å². The Kier molecular flexibility index (Phi) is 6.71. The molecule has 0 bridgehead atoms. The van der Waals surface area contributed by atoms with Crippen molar-refractivity contribution in [3.63, 3.8) is 0 Å². The van der Waals surface area contributed by atoms with Crippen LogP contribution in [0.5, 0.6) is 11.5 Å². The lowest BCUT2D eigenvalue weighted by Gasteiger charge is -2.16. The lowest BCUT2D eigenvalue weighted by atomic mass is 10.0. The summed E-state index contributed by atoms with van der Waals surface area (Å²) < 4.78 is 5.39. The van der Waals surface area contributed by atoms with Crippen molar-refractivity contribution >= 4 is 0 Å². The van der Waals surface area contributed by atoms with Gasteiger partial charge in [0.15, 0.2) is 11.5 Å². The topological polar surface area (TPSA) is 41.5 Å². The molecule has 1 rings (SSSR count). The molecule has 0 radical (unpaired) electrons. The van der Waals surface area contributed by atoms with Crippen molar-refractivity contribution in [3.05, 3.63) is 23.8 Å². The zero-order valence-electron chi connectivity index (χ0n) is 12.6. The van der Waals surface area contributed by atoms with Crippen molar-refractivity contribution in [2.45, 2.75) is 53.1 Å². The molecular weight excluding hydrogens is 238 g/mol. The molecule has 3 nitrogen and oxygen atoms in total. The molecule has 0 aliphatic heterocycles. The Morgan fingerprint density at radius 1 is 1.21 bits per heavy atom. The summed E-state index contributed by atoms with van der Waals surface area (Å²) in [4.78, 5) is 0. The van der Waals surface area contributed by atoms with Gasteiger partial charge in [-0.15, -0.1) is 0 Å². The van der Waals surface area contributed by atoms with E-state index < -0.39 is 0 Å². The number of phenols is 1. The van der Waals surface area contributed by atoms with Crippen molar-refractivity contribution in [2.24, 2.45) is 5.92 Å². The molecule has 1 aromatic rings. The van der Waals surface area contributed by atoms with Gasteiger partial charge in [-0.25, -0.2) is 0 Å². The molecule has 0 saturated heterocycles. The third kappa shape index (κ3) is 5.52. The minimum absolute atomic E-state index is 0.257. The molecule has 0 spiro atoms. The standard InChI is InChI=1S/C16H27NO2/c1-5-19-15-8-6-7-14(16(15)18)11-17-13(4)10-9-12(2)3/h6-8,12-13,17-18H,5,9-11H2,1-4H3. The molecule has 2 N–H and O–H groups in total. The van der Waals surface area contributed by atoms with E-state index in [0.717, 1.165) is 17.9 Å². The van der Waals surface area contributed by atoms with Crippen molar-refractivity contribution < 1.29 is 9.84 Å². The Morgan fingerprint density at radius 2 is 1.95 bits per heavy atom. The molecule has 0 aliphatic carbocycles. The molecule has 1 unspecified atom stereocenters. The molecular formula is C16H27NO2. The van der Waals surface area contributed by atoms with Gasteiger partial charge in [-0.05, 0) is 38.7 Å². The number of para-hydroxylation sites is 1. The quantitative estimate of drug-likeness (QED) is 0.753. The molecule has 0 heterocycles. The first-order valence-electron chi connectivity index (χ1n) is 7.21. The zero-order chi connectivity index (χ0) is 14.3. The van der Waals surface area contributed by atoms with Crippen LogP contribution in [0.1, 0.15) is 46.1 Å². The van der Waals surface area contributed by atoms with E-state index in [9.17, 15) is 5.11 Å². The summed E-state index contributed by atoms with van der Waals surface area (Å²) in [5, 5.41) is 13.5. The summed E-state index contributed by atoms with van der Waals surface area (Å²) in [5.41, 5.74) is 0.891. The highest BCUT2D eigenvalue weighted by molar-refractivity contribution is 5.45. The van der Waals surface area contributed by atoms with Crippen LogP contribution in [0, 0.1) is 5.92 Å². The Labute approximate surface area is 117 Å². The average Bonchev–Trinajstić information content (AvgIpc) is 2.37. The lowest BCUT2D eigenvalue weighted by Crippen LogP contribution is -2.25. The van der Waals surface area contributed by atoms with E-state index in [4.69, 9.17) is 4.74 Å². The predicted molar refractivity (Wildman–Crippen MR) is 79.6 cm³/mol. The highest BCUT2D eigenvalue weighted by Gasteiger charge is 2.09. The SMILES string of the molecule is CCOc1cccc(CNC(C)CCC(C)C)c1O. The largest absolute Gasteiger partial charge is 0.504 e. The van der Waals surface area contributed by atoms with Crippen LogP contribution in [0.3, 0.4) is 0 Å². The summed E-state index contributed by atoms with van der Waals surface area (Å²) in [6.07, 6.45) is 2.38. The van der Waals surface area contributed by atoms with Crippen molar-refractivity contribution in [1.82, 2.24) is 5.32 Å². The van der Waals surface area contributed by atoms with Gasteiger partial charge in [0, 0.05) is 18.2 Å². The Balaban J connectivity index is 2.50. The average molecular weight is 265 g/mol. The Bertz CT molecular complexity index is 377. The van der Waals surface area contributed by atoms with E-state index in [1.54, 1.807) is 6.07 Å². The summed E-state index contributed by atoms with van der Waals surface area (Å²) in [6.45, 7) is 9.82.